The molecular formula is C10H9ClF2O2. The van der Waals surface area contributed by atoms with Gasteiger partial charge in [-0.2, -0.15) is 8.78 Å². The van der Waals surface area contributed by atoms with Crippen molar-refractivity contribution in [2.24, 2.45) is 0 Å². The number of Topliss-reactive ketones (excluding diaryl/α,β-unsaturated/α-hetero) is 1. The van der Waals surface area contributed by atoms with Crippen molar-refractivity contribution in [3.8, 4) is 5.75 Å². The van der Waals surface area contributed by atoms with E-state index in [0.29, 0.717) is 0 Å². The maximum atomic E-state index is 12.0. The molecule has 15 heavy (non-hydrogen) atoms. The fourth-order valence-electron chi connectivity index (χ4n) is 1.11. The molecule has 1 rings (SSSR count). The van der Waals surface area contributed by atoms with E-state index in [4.69, 9.17) is 11.6 Å². The highest BCUT2D eigenvalue weighted by molar-refractivity contribution is 6.30. The van der Waals surface area contributed by atoms with Gasteiger partial charge in [0, 0.05) is 11.4 Å². The van der Waals surface area contributed by atoms with E-state index in [9.17, 15) is 13.6 Å². The standard InChI is InChI=1S/C10H9ClF2O2/c1-2-8(14)7-4-3-6(11)5-9(7)15-10(12)13/h3-5,10H,2H2,1H3. The molecule has 0 radical (unpaired) electrons. The number of ether oxygens (including phenoxy) is 1. The highest BCUT2D eigenvalue weighted by Gasteiger charge is 2.14. The Balaban J connectivity index is 3.08. The van der Waals surface area contributed by atoms with Crippen molar-refractivity contribution in [3.05, 3.63) is 28.8 Å². The van der Waals surface area contributed by atoms with Crippen molar-refractivity contribution in [3.63, 3.8) is 0 Å². The van der Waals surface area contributed by atoms with Crippen LogP contribution in [0.15, 0.2) is 18.2 Å². The number of ketones is 1. The van der Waals surface area contributed by atoms with Crippen molar-refractivity contribution in [2.45, 2.75) is 20.0 Å². The van der Waals surface area contributed by atoms with Gasteiger partial charge in [0.25, 0.3) is 0 Å². The number of carbonyl (C=O) groups is 1. The van der Waals surface area contributed by atoms with Crippen LogP contribution >= 0.6 is 11.6 Å². The molecule has 0 aliphatic carbocycles. The van der Waals surface area contributed by atoms with Crippen LogP contribution in [0.25, 0.3) is 0 Å². The number of rotatable bonds is 4. The number of carbonyl (C=O) groups excluding carboxylic acids is 1. The molecule has 0 saturated carbocycles. The first-order chi connectivity index (χ1) is 7.04. The van der Waals surface area contributed by atoms with Gasteiger partial charge in [-0.05, 0) is 18.2 Å². The molecule has 0 unspecified atom stereocenters. The first-order valence-electron chi connectivity index (χ1n) is 4.32. The largest absolute Gasteiger partial charge is 0.434 e. The molecule has 0 atom stereocenters. The summed E-state index contributed by atoms with van der Waals surface area (Å²) < 4.78 is 28.3. The molecule has 0 aliphatic heterocycles. The second-order valence-electron chi connectivity index (χ2n) is 2.80. The van der Waals surface area contributed by atoms with E-state index in [1.165, 1.54) is 18.2 Å². The summed E-state index contributed by atoms with van der Waals surface area (Å²) in [7, 11) is 0. The molecule has 1 aromatic rings. The summed E-state index contributed by atoms with van der Waals surface area (Å²) in [4.78, 5) is 11.4. The zero-order valence-corrected chi connectivity index (χ0v) is 8.72. The molecule has 0 aromatic heterocycles. The van der Waals surface area contributed by atoms with Gasteiger partial charge in [-0.25, -0.2) is 0 Å². The first-order valence-corrected chi connectivity index (χ1v) is 4.70. The lowest BCUT2D eigenvalue weighted by Gasteiger charge is -2.09. The summed E-state index contributed by atoms with van der Waals surface area (Å²) in [6.45, 7) is -1.32. The van der Waals surface area contributed by atoms with Gasteiger partial charge in [-0.3, -0.25) is 4.79 Å². The fraction of sp³-hybridized carbons (Fsp3) is 0.300. The zero-order chi connectivity index (χ0) is 11.4. The van der Waals surface area contributed by atoms with Gasteiger partial charge >= 0.3 is 6.61 Å². The fourth-order valence-corrected chi connectivity index (χ4v) is 1.27. The lowest BCUT2D eigenvalue weighted by molar-refractivity contribution is -0.0501. The lowest BCUT2D eigenvalue weighted by Crippen LogP contribution is -2.07. The molecule has 1 aromatic carbocycles. The van der Waals surface area contributed by atoms with Crippen molar-refractivity contribution >= 4 is 17.4 Å². The van der Waals surface area contributed by atoms with Crippen LogP contribution in [-0.2, 0) is 0 Å². The molecule has 0 fully saturated rings. The Morgan fingerprint density at radius 1 is 1.53 bits per heavy atom. The molecule has 0 spiro atoms. The minimum atomic E-state index is -2.97. The molecule has 2 nitrogen and oxygen atoms in total. The molecule has 0 heterocycles. The van der Waals surface area contributed by atoms with Crippen molar-refractivity contribution in [1.29, 1.82) is 0 Å². The third kappa shape index (κ3) is 3.16. The highest BCUT2D eigenvalue weighted by atomic mass is 35.5. The second-order valence-corrected chi connectivity index (χ2v) is 3.23. The molecule has 0 amide bonds. The quantitative estimate of drug-likeness (QED) is 0.745. The molecule has 5 heteroatoms. The van der Waals surface area contributed by atoms with E-state index in [1.54, 1.807) is 6.92 Å². The summed E-state index contributed by atoms with van der Waals surface area (Å²) in [5.74, 6) is -0.438. The molecule has 0 bridgehead atoms. The van der Waals surface area contributed by atoms with Crippen molar-refractivity contribution in [1.82, 2.24) is 0 Å². The molecular weight excluding hydrogens is 226 g/mol. The van der Waals surface area contributed by atoms with E-state index in [1.807, 2.05) is 0 Å². The van der Waals surface area contributed by atoms with Crippen LogP contribution in [0.2, 0.25) is 5.02 Å². The Morgan fingerprint density at radius 2 is 2.20 bits per heavy atom. The van der Waals surface area contributed by atoms with E-state index in [2.05, 4.69) is 4.74 Å². The topological polar surface area (TPSA) is 26.3 Å². The Morgan fingerprint density at radius 3 is 2.73 bits per heavy atom. The van der Waals surface area contributed by atoms with Crippen LogP contribution in [0.4, 0.5) is 8.78 Å². The van der Waals surface area contributed by atoms with E-state index >= 15 is 0 Å². The highest BCUT2D eigenvalue weighted by Crippen LogP contribution is 2.26. The maximum Gasteiger partial charge on any atom is 0.387 e. The van der Waals surface area contributed by atoms with Crippen LogP contribution < -0.4 is 4.74 Å². The summed E-state index contributed by atoms with van der Waals surface area (Å²) in [6.07, 6.45) is 0.223. The molecule has 0 saturated heterocycles. The molecule has 82 valence electrons. The predicted molar refractivity (Wildman–Crippen MR) is 52.7 cm³/mol. The Bertz CT molecular complexity index is 366. The van der Waals surface area contributed by atoms with Gasteiger partial charge in [0.1, 0.15) is 5.75 Å². The molecule has 0 N–H and O–H groups in total. The number of halogens is 3. The summed E-state index contributed by atoms with van der Waals surface area (Å²) in [5, 5.41) is 0.248. The number of hydrogen-bond acceptors (Lipinski definition) is 2. The van der Waals surface area contributed by atoms with Crippen LogP contribution in [0, 0.1) is 0 Å². The molecule has 0 aliphatic rings. The average molecular weight is 235 g/mol. The van der Waals surface area contributed by atoms with Gasteiger partial charge in [0.15, 0.2) is 5.78 Å². The third-order valence-electron chi connectivity index (χ3n) is 1.78. The second kappa shape index (κ2) is 5.07. The average Bonchev–Trinajstić information content (AvgIpc) is 2.16. The van der Waals surface area contributed by atoms with Crippen LogP contribution in [0.5, 0.6) is 5.75 Å². The number of hydrogen-bond donors (Lipinski definition) is 0. The van der Waals surface area contributed by atoms with Crippen molar-refractivity contribution in [2.75, 3.05) is 0 Å². The SMILES string of the molecule is CCC(=O)c1ccc(Cl)cc1OC(F)F. The summed E-state index contributed by atoms with van der Waals surface area (Å²) >= 11 is 5.61. The van der Waals surface area contributed by atoms with Gasteiger partial charge in [-0.1, -0.05) is 18.5 Å². The monoisotopic (exact) mass is 234 g/mol. The van der Waals surface area contributed by atoms with Gasteiger partial charge < -0.3 is 4.74 Å². The van der Waals surface area contributed by atoms with Crippen molar-refractivity contribution < 1.29 is 18.3 Å². The third-order valence-corrected chi connectivity index (χ3v) is 2.02. The summed E-state index contributed by atoms with van der Waals surface area (Å²) in [5.41, 5.74) is 0.127. The Labute approximate surface area is 90.8 Å². The Kier molecular flexibility index (Phi) is 4.03. The first kappa shape index (κ1) is 11.9. The minimum absolute atomic E-state index is 0.127. The lowest BCUT2D eigenvalue weighted by atomic mass is 10.1. The van der Waals surface area contributed by atoms with Gasteiger partial charge in [0.05, 0.1) is 5.56 Å². The number of benzene rings is 1. The van der Waals surface area contributed by atoms with E-state index < -0.39 is 6.61 Å². The number of alkyl halides is 2. The predicted octanol–water partition coefficient (Wildman–Crippen LogP) is 3.53. The smallest absolute Gasteiger partial charge is 0.387 e. The summed E-state index contributed by atoms with van der Waals surface area (Å²) in [6, 6.07) is 4.05. The van der Waals surface area contributed by atoms with Gasteiger partial charge in [0.2, 0.25) is 0 Å². The maximum absolute atomic E-state index is 12.0. The van der Waals surface area contributed by atoms with E-state index in [-0.39, 0.29) is 28.5 Å². The zero-order valence-electron chi connectivity index (χ0n) is 7.97. The van der Waals surface area contributed by atoms with E-state index in [0.717, 1.165) is 0 Å². The Hall–Kier alpha value is -1.16. The minimum Gasteiger partial charge on any atom is -0.434 e. The van der Waals surface area contributed by atoms with Crippen LogP contribution in [0.3, 0.4) is 0 Å². The van der Waals surface area contributed by atoms with Gasteiger partial charge in [-0.15, -0.1) is 0 Å². The van der Waals surface area contributed by atoms with Crippen LogP contribution in [-0.4, -0.2) is 12.4 Å². The van der Waals surface area contributed by atoms with Crippen LogP contribution in [0.1, 0.15) is 23.7 Å². The normalized spacial score (nSPS) is 10.5.